The molecule has 132 valence electrons. The van der Waals surface area contributed by atoms with Crippen molar-refractivity contribution in [2.45, 2.75) is 38.8 Å². The summed E-state index contributed by atoms with van der Waals surface area (Å²) in [5.74, 6) is -0.651. The first-order valence-corrected chi connectivity index (χ1v) is 7.73. The summed E-state index contributed by atoms with van der Waals surface area (Å²) in [4.78, 5) is 25.5. The fourth-order valence-electron chi connectivity index (χ4n) is 2.64. The van der Waals surface area contributed by atoms with E-state index in [0.717, 1.165) is 6.07 Å². The van der Waals surface area contributed by atoms with Crippen LogP contribution in [0.1, 0.15) is 27.2 Å². The second kappa shape index (κ2) is 6.62. The SMILES string of the molecule is CN(c1ccc([N+](=O)[O-])cc1F)[C@@H]1CCN(C(=O)OC(C)(C)C)C1. The van der Waals surface area contributed by atoms with Gasteiger partial charge in [0.05, 0.1) is 16.7 Å². The number of carbonyl (C=O) groups is 1. The van der Waals surface area contributed by atoms with Crippen LogP contribution in [0.2, 0.25) is 0 Å². The Balaban J connectivity index is 2.05. The van der Waals surface area contributed by atoms with Crippen LogP contribution in [0.5, 0.6) is 0 Å². The molecular formula is C16H22FN3O4. The second-order valence-corrected chi connectivity index (χ2v) is 6.87. The van der Waals surface area contributed by atoms with Gasteiger partial charge in [-0.25, -0.2) is 9.18 Å². The molecule has 24 heavy (non-hydrogen) atoms. The van der Waals surface area contributed by atoms with Crippen LogP contribution < -0.4 is 4.90 Å². The summed E-state index contributed by atoms with van der Waals surface area (Å²) in [5.41, 5.74) is -0.575. The summed E-state index contributed by atoms with van der Waals surface area (Å²) < 4.78 is 19.5. The fraction of sp³-hybridized carbons (Fsp3) is 0.562. The number of carbonyl (C=O) groups excluding carboxylic acids is 1. The second-order valence-electron chi connectivity index (χ2n) is 6.87. The lowest BCUT2D eigenvalue weighted by Gasteiger charge is -2.28. The Kier molecular flexibility index (Phi) is 4.96. The molecular weight excluding hydrogens is 317 g/mol. The molecule has 7 nitrogen and oxygen atoms in total. The third-order valence-electron chi connectivity index (χ3n) is 3.88. The Bertz CT molecular complexity index is 645. The molecule has 0 spiro atoms. The van der Waals surface area contributed by atoms with Crippen molar-refractivity contribution in [3.05, 3.63) is 34.1 Å². The van der Waals surface area contributed by atoms with Gasteiger partial charge in [-0.3, -0.25) is 10.1 Å². The number of amides is 1. The minimum absolute atomic E-state index is 0.0755. The molecule has 1 aromatic rings. The maximum atomic E-state index is 14.1. The molecule has 0 radical (unpaired) electrons. The molecule has 1 amide bonds. The monoisotopic (exact) mass is 339 g/mol. The van der Waals surface area contributed by atoms with Crippen LogP contribution in [0.15, 0.2) is 18.2 Å². The standard InChI is InChI=1S/C16H22FN3O4/c1-16(2,3)24-15(21)19-8-7-12(10-19)18(4)14-6-5-11(20(22)23)9-13(14)17/h5-6,9,12H,7-8,10H2,1-4H3/t12-/m1/s1. The molecule has 1 fully saturated rings. The number of benzene rings is 1. The first-order valence-electron chi connectivity index (χ1n) is 7.73. The van der Waals surface area contributed by atoms with Crippen LogP contribution in [0.25, 0.3) is 0 Å². The number of non-ortho nitro benzene ring substituents is 1. The maximum absolute atomic E-state index is 14.1. The molecule has 1 saturated heterocycles. The highest BCUT2D eigenvalue weighted by atomic mass is 19.1. The summed E-state index contributed by atoms with van der Waals surface area (Å²) >= 11 is 0. The van der Waals surface area contributed by atoms with Gasteiger partial charge in [-0.05, 0) is 33.3 Å². The van der Waals surface area contributed by atoms with Crippen molar-refractivity contribution in [2.24, 2.45) is 0 Å². The van der Waals surface area contributed by atoms with E-state index in [1.165, 1.54) is 12.1 Å². The van der Waals surface area contributed by atoms with Gasteiger partial charge in [0.25, 0.3) is 5.69 Å². The van der Waals surface area contributed by atoms with Crippen molar-refractivity contribution in [1.82, 2.24) is 4.90 Å². The molecule has 0 unspecified atom stereocenters. The van der Waals surface area contributed by atoms with Crippen LogP contribution in [0, 0.1) is 15.9 Å². The Morgan fingerprint density at radius 3 is 2.67 bits per heavy atom. The molecule has 0 aromatic heterocycles. The summed E-state index contributed by atoms with van der Waals surface area (Å²) in [6, 6.07) is 3.50. The number of nitrogens with zero attached hydrogens (tertiary/aromatic N) is 3. The van der Waals surface area contributed by atoms with Gasteiger partial charge in [0.15, 0.2) is 5.82 Å². The average Bonchev–Trinajstić information content (AvgIpc) is 2.94. The molecule has 0 aliphatic carbocycles. The van der Waals surface area contributed by atoms with Gasteiger partial charge in [-0.15, -0.1) is 0 Å². The van der Waals surface area contributed by atoms with Gasteiger partial charge in [0.1, 0.15) is 5.60 Å². The number of anilines is 1. The third kappa shape index (κ3) is 4.12. The van der Waals surface area contributed by atoms with E-state index in [2.05, 4.69) is 0 Å². The number of nitro benzene ring substituents is 1. The molecule has 1 aliphatic rings. The number of ether oxygens (including phenoxy) is 1. The quantitative estimate of drug-likeness (QED) is 0.624. The molecule has 1 aromatic carbocycles. The topological polar surface area (TPSA) is 75.9 Å². The van der Waals surface area contributed by atoms with Crippen molar-refractivity contribution in [3.8, 4) is 0 Å². The summed E-state index contributed by atoms with van der Waals surface area (Å²) in [5, 5.41) is 10.7. The lowest BCUT2D eigenvalue weighted by Crippen LogP contribution is -2.39. The van der Waals surface area contributed by atoms with E-state index in [0.29, 0.717) is 19.5 Å². The number of likely N-dealkylation sites (tertiary alicyclic amines) is 1. The van der Waals surface area contributed by atoms with Crippen molar-refractivity contribution in [3.63, 3.8) is 0 Å². The minimum Gasteiger partial charge on any atom is -0.444 e. The summed E-state index contributed by atoms with van der Waals surface area (Å²) in [6.45, 7) is 6.35. The maximum Gasteiger partial charge on any atom is 0.410 e. The zero-order valence-electron chi connectivity index (χ0n) is 14.3. The number of hydrogen-bond acceptors (Lipinski definition) is 5. The Morgan fingerprint density at radius 1 is 1.46 bits per heavy atom. The van der Waals surface area contributed by atoms with Crippen LogP contribution in [0.3, 0.4) is 0 Å². The van der Waals surface area contributed by atoms with E-state index in [9.17, 15) is 19.3 Å². The van der Waals surface area contributed by atoms with E-state index < -0.39 is 16.3 Å². The van der Waals surface area contributed by atoms with E-state index in [1.807, 2.05) is 0 Å². The zero-order chi connectivity index (χ0) is 18.1. The van der Waals surface area contributed by atoms with Crippen molar-refractivity contribution >= 4 is 17.5 Å². The first-order chi connectivity index (χ1) is 11.1. The molecule has 8 heteroatoms. The molecule has 1 aliphatic heterocycles. The number of hydrogen-bond donors (Lipinski definition) is 0. The van der Waals surface area contributed by atoms with E-state index in [-0.39, 0.29) is 23.5 Å². The highest BCUT2D eigenvalue weighted by Crippen LogP contribution is 2.27. The first kappa shape index (κ1) is 18.0. The average molecular weight is 339 g/mol. The third-order valence-corrected chi connectivity index (χ3v) is 3.88. The Hall–Kier alpha value is -2.38. The van der Waals surface area contributed by atoms with Gasteiger partial charge in [0.2, 0.25) is 0 Å². The van der Waals surface area contributed by atoms with Gasteiger partial charge in [-0.2, -0.15) is 0 Å². The van der Waals surface area contributed by atoms with Crippen molar-refractivity contribution in [2.75, 3.05) is 25.0 Å². The van der Waals surface area contributed by atoms with Crippen LogP contribution >= 0.6 is 0 Å². The lowest BCUT2D eigenvalue weighted by molar-refractivity contribution is -0.385. The van der Waals surface area contributed by atoms with Gasteiger partial charge >= 0.3 is 6.09 Å². The van der Waals surface area contributed by atoms with E-state index in [1.54, 1.807) is 37.6 Å². The largest absolute Gasteiger partial charge is 0.444 e. The predicted octanol–water partition coefficient (Wildman–Crippen LogP) is 3.18. The number of halogens is 1. The highest BCUT2D eigenvalue weighted by Gasteiger charge is 2.32. The Labute approximate surface area is 140 Å². The number of rotatable bonds is 3. The number of nitro groups is 1. The molecule has 0 N–H and O–H groups in total. The molecule has 1 heterocycles. The van der Waals surface area contributed by atoms with Crippen LogP contribution in [-0.4, -0.2) is 47.7 Å². The van der Waals surface area contributed by atoms with E-state index >= 15 is 0 Å². The van der Waals surface area contributed by atoms with Gasteiger partial charge in [-0.1, -0.05) is 0 Å². The summed E-state index contributed by atoms with van der Waals surface area (Å²) in [6.07, 6.45) is 0.286. The van der Waals surface area contributed by atoms with Crippen LogP contribution in [-0.2, 0) is 4.74 Å². The van der Waals surface area contributed by atoms with Crippen molar-refractivity contribution < 1.29 is 18.8 Å². The minimum atomic E-state index is -0.651. The fourth-order valence-corrected chi connectivity index (χ4v) is 2.64. The number of likely N-dealkylation sites (N-methyl/N-ethyl adjacent to an activating group) is 1. The van der Waals surface area contributed by atoms with Gasteiger partial charge < -0.3 is 14.5 Å². The normalized spacial score (nSPS) is 17.7. The Morgan fingerprint density at radius 2 is 2.12 bits per heavy atom. The zero-order valence-corrected chi connectivity index (χ0v) is 14.3. The summed E-state index contributed by atoms with van der Waals surface area (Å²) in [7, 11) is 1.72. The molecule has 0 bridgehead atoms. The molecule has 2 rings (SSSR count). The van der Waals surface area contributed by atoms with Crippen LogP contribution in [0.4, 0.5) is 20.6 Å². The smallest absolute Gasteiger partial charge is 0.410 e. The molecule has 1 atom stereocenters. The van der Waals surface area contributed by atoms with Gasteiger partial charge in [0, 0.05) is 32.2 Å². The highest BCUT2D eigenvalue weighted by molar-refractivity contribution is 5.69. The van der Waals surface area contributed by atoms with E-state index in [4.69, 9.17) is 4.74 Å². The van der Waals surface area contributed by atoms with Crippen molar-refractivity contribution in [1.29, 1.82) is 0 Å². The predicted molar refractivity (Wildman–Crippen MR) is 87.7 cm³/mol. The molecule has 0 saturated carbocycles. The lowest BCUT2D eigenvalue weighted by atomic mass is 10.2.